The summed E-state index contributed by atoms with van der Waals surface area (Å²) in [5.74, 6) is 0.747. The molecule has 1 aromatic rings. The van der Waals surface area contributed by atoms with Gasteiger partial charge in [-0.15, -0.1) is 0 Å². The number of nitrogens with zero attached hydrogens (tertiary/aromatic N) is 1. The molecular weight excluding hydrogens is 280 g/mol. The lowest BCUT2D eigenvalue weighted by molar-refractivity contribution is -0.123. The first-order valence-corrected chi connectivity index (χ1v) is 7.84. The first-order valence-electron chi connectivity index (χ1n) is 7.84. The number of morpholine rings is 1. The van der Waals surface area contributed by atoms with Gasteiger partial charge in [0.25, 0.3) is 5.91 Å². The van der Waals surface area contributed by atoms with Gasteiger partial charge in [-0.1, -0.05) is 12.1 Å². The summed E-state index contributed by atoms with van der Waals surface area (Å²) >= 11 is 0. The normalized spacial score (nSPS) is 15.6. The molecule has 5 heteroatoms. The Morgan fingerprint density at radius 1 is 1.23 bits per heavy atom. The minimum Gasteiger partial charge on any atom is -0.483 e. The quantitative estimate of drug-likeness (QED) is 0.864. The van der Waals surface area contributed by atoms with E-state index in [9.17, 15) is 4.79 Å². The van der Waals surface area contributed by atoms with Crippen LogP contribution in [-0.2, 0) is 9.53 Å². The molecule has 0 saturated carbocycles. The molecule has 0 atom stereocenters. The summed E-state index contributed by atoms with van der Waals surface area (Å²) in [6.45, 7) is 11.1. The van der Waals surface area contributed by atoms with Crippen LogP contribution in [0.15, 0.2) is 12.1 Å². The summed E-state index contributed by atoms with van der Waals surface area (Å²) in [7, 11) is 0. The fourth-order valence-electron chi connectivity index (χ4n) is 2.51. The molecule has 0 spiro atoms. The van der Waals surface area contributed by atoms with Gasteiger partial charge in [-0.2, -0.15) is 0 Å². The Morgan fingerprint density at radius 2 is 1.91 bits per heavy atom. The highest BCUT2D eigenvalue weighted by atomic mass is 16.5. The zero-order valence-electron chi connectivity index (χ0n) is 13.8. The van der Waals surface area contributed by atoms with Crippen molar-refractivity contribution in [1.82, 2.24) is 10.2 Å². The van der Waals surface area contributed by atoms with Crippen molar-refractivity contribution < 1.29 is 14.3 Å². The van der Waals surface area contributed by atoms with Crippen LogP contribution in [0.2, 0.25) is 0 Å². The van der Waals surface area contributed by atoms with Gasteiger partial charge in [0.15, 0.2) is 6.61 Å². The van der Waals surface area contributed by atoms with Crippen LogP contribution in [-0.4, -0.2) is 56.8 Å². The molecule has 1 amide bonds. The first kappa shape index (κ1) is 16.8. The van der Waals surface area contributed by atoms with Crippen molar-refractivity contribution in [3.05, 3.63) is 28.8 Å². The number of carbonyl (C=O) groups excluding carboxylic acids is 1. The van der Waals surface area contributed by atoms with Crippen molar-refractivity contribution in [2.75, 3.05) is 46.0 Å². The molecule has 5 nitrogen and oxygen atoms in total. The van der Waals surface area contributed by atoms with E-state index in [1.54, 1.807) is 0 Å². The first-order chi connectivity index (χ1) is 10.6. The average Bonchev–Trinajstić information content (AvgIpc) is 2.52. The molecule has 2 rings (SSSR count). The minimum atomic E-state index is -0.0754. The molecule has 0 radical (unpaired) electrons. The van der Waals surface area contributed by atoms with Gasteiger partial charge in [-0.25, -0.2) is 0 Å². The number of benzene rings is 1. The predicted molar refractivity (Wildman–Crippen MR) is 86.4 cm³/mol. The van der Waals surface area contributed by atoms with Crippen molar-refractivity contribution in [2.24, 2.45) is 0 Å². The number of rotatable bonds is 6. The van der Waals surface area contributed by atoms with E-state index in [1.165, 1.54) is 5.56 Å². The van der Waals surface area contributed by atoms with Gasteiger partial charge in [0, 0.05) is 26.2 Å². The maximum Gasteiger partial charge on any atom is 0.257 e. The van der Waals surface area contributed by atoms with Crippen LogP contribution in [0.5, 0.6) is 5.75 Å². The highest BCUT2D eigenvalue weighted by molar-refractivity contribution is 5.77. The molecule has 1 saturated heterocycles. The Bertz CT molecular complexity index is 511. The van der Waals surface area contributed by atoms with E-state index in [1.807, 2.05) is 26.8 Å². The number of hydrogen-bond acceptors (Lipinski definition) is 4. The lowest BCUT2D eigenvalue weighted by Gasteiger charge is -2.26. The second-order valence-corrected chi connectivity index (χ2v) is 5.75. The van der Waals surface area contributed by atoms with Crippen LogP contribution in [0.3, 0.4) is 0 Å². The van der Waals surface area contributed by atoms with Crippen molar-refractivity contribution in [3.8, 4) is 5.75 Å². The highest BCUT2D eigenvalue weighted by Crippen LogP contribution is 2.25. The SMILES string of the molecule is Cc1ccc(C)c(OCC(=O)NCCN2CCOCC2)c1C. The third-order valence-corrected chi connectivity index (χ3v) is 4.08. The van der Waals surface area contributed by atoms with Gasteiger partial charge in [0.1, 0.15) is 5.75 Å². The summed E-state index contributed by atoms with van der Waals surface area (Å²) in [6.07, 6.45) is 0. The van der Waals surface area contributed by atoms with Gasteiger partial charge in [0.05, 0.1) is 13.2 Å². The Balaban J connectivity index is 1.72. The lowest BCUT2D eigenvalue weighted by atomic mass is 10.1. The number of aryl methyl sites for hydroxylation is 2. The van der Waals surface area contributed by atoms with Gasteiger partial charge < -0.3 is 14.8 Å². The second-order valence-electron chi connectivity index (χ2n) is 5.75. The molecule has 1 aromatic carbocycles. The van der Waals surface area contributed by atoms with Crippen molar-refractivity contribution in [2.45, 2.75) is 20.8 Å². The Hall–Kier alpha value is -1.59. The van der Waals surface area contributed by atoms with E-state index in [-0.39, 0.29) is 12.5 Å². The molecule has 0 aliphatic carbocycles. The molecule has 1 heterocycles. The molecule has 1 aliphatic heterocycles. The summed E-state index contributed by atoms with van der Waals surface area (Å²) < 4.78 is 11.0. The highest BCUT2D eigenvalue weighted by Gasteiger charge is 2.11. The topological polar surface area (TPSA) is 50.8 Å². The van der Waals surface area contributed by atoms with Crippen molar-refractivity contribution in [3.63, 3.8) is 0 Å². The van der Waals surface area contributed by atoms with Crippen LogP contribution < -0.4 is 10.1 Å². The van der Waals surface area contributed by atoms with Crippen molar-refractivity contribution >= 4 is 5.91 Å². The molecule has 1 fully saturated rings. The predicted octanol–water partition coefficient (Wildman–Crippen LogP) is 1.44. The largest absolute Gasteiger partial charge is 0.483 e. The van der Waals surface area contributed by atoms with Crippen LogP contribution in [0.1, 0.15) is 16.7 Å². The van der Waals surface area contributed by atoms with Gasteiger partial charge in [-0.05, 0) is 37.5 Å². The standard InChI is InChI=1S/C17H26N2O3/c1-13-4-5-14(2)17(15(13)3)22-12-16(20)18-6-7-19-8-10-21-11-9-19/h4-5H,6-12H2,1-3H3,(H,18,20). The lowest BCUT2D eigenvalue weighted by Crippen LogP contribution is -2.42. The van der Waals surface area contributed by atoms with E-state index in [0.717, 1.165) is 49.7 Å². The van der Waals surface area contributed by atoms with E-state index in [4.69, 9.17) is 9.47 Å². The number of amides is 1. The van der Waals surface area contributed by atoms with Gasteiger partial charge >= 0.3 is 0 Å². The molecule has 1 aliphatic rings. The van der Waals surface area contributed by atoms with Crippen LogP contribution >= 0.6 is 0 Å². The maximum absolute atomic E-state index is 11.9. The van der Waals surface area contributed by atoms with E-state index < -0.39 is 0 Å². The maximum atomic E-state index is 11.9. The Kier molecular flexibility index (Phi) is 6.21. The van der Waals surface area contributed by atoms with E-state index in [0.29, 0.717) is 6.54 Å². The smallest absolute Gasteiger partial charge is 0.257 e. The Morgan fingerprint density at radius 3 is 2.64 bits per heavy atom. The summed E-state index contributed by atoms with van der Waals surface area (Å²) in [5.41, 5.74) is 3.33. The minimum absolute atomic E-state index is 0.0637. The summed E-state index contributed by atoms with van der Waals surface area (Å²) in [5, 5.41) is 2.91. The van der Waals surface area contributed by atoms with Crippen molar-refractivity contribution in [1.29, 1.82) is 0 Å². The number of hydrogen-bond donors (Lipinski definition) is 1. The molecule has 0 aromatic heterocycles. The monoisotopic (exact) mass is 306 g/mol. The van der Waals surface area contributed by atoms with Gasteiger partial charge in [0.2, 0.25) is 0 Å². The molecule has 0 bridgehead atoms. The van der Waals surface area contributed by atoms with Gasteiger partial charge in [-0.3, -0.25) is 9.69 Å². The van der Waals surface area contributed by atoms with Crippen LogP contribution in [0, 0.1) is 20.8 Å². The zero-order valence-corrected chi connectivity index (χ0v) is 13.8. The van der Waals surface area contributed by atoms with E-state index in [2.05, 4.69) is 16.3 Å². The van der Waals surface area contributed by atoms with Crippen LogP contribution in [0.4, 0.5) is 0 Å². The fraction of sp³-hybridized carbons (Fsp3) is 0.588. The molecule has 122 valence electrons. The molecule has 0 unspecified atom stereocenters. The number of carbonyl (C=O) groups is 1. The number of ether oxygens (including phenoxy) is 2. The zero-order chi connectivity index (χ0) is 15.9. The third kappa shape index (κ3) is 4.71. The van der Waals surface area contributed by atoms with Crippen LogP contribution in [0.25, 0.3) is 0 Å². The summed E-state index contributed by atoms with van der Waals surface area (Å²) in [4.78, 5) is 14.2. The second kappa shape index (κ2) is 8.15. The molecular formula is C17H26N2O3. The average molecular weight is 306 g/mol. The van der Waals surface area contributed by atoms with E-state index >= 15 is 0 Å². The fourth-order valence-corrected chi connectivity index (χ4v) is 2.51. The third-order valence-electron chi connectivity index (χ3n) is 4.08. The Labute approximate surface area is 132 Å². The summed E-state index contributed by atoms with van der Waals surface area (Å²) in [6, 6.07) is 4.09. The molecule has 1 N–H and O–H groups in total. The molecule has 22 heavy (non-hydrogen) atoms. The number of nitrogens with one attached hydrogen (secondary N) is 1.